The van der Waals surface area contributed by atoms with Gasteiger partial charge in [-0.1, -0.05) is 53.5 Å². The molecule has 0 bridgehead atoms. The Kier molecular flexibility index (Phi) is 4.55. The van der Waals surface area contributed by atoms with Gasteiger partial charge in [0.05, 0.1) is 16.3 Å². The molecule has 0 radical (unpaired) electrons. The molecule has 25 heavy (non-hydrogen) atoms. The van der Waals surface area contributed by atoms with Crippen LogP contribution < -0.4 is 4.90 Å². The molecule has 0 unspecified atom stereocenters. The predicted octanol–water partition coefficient (Wildman–Crippen LogP) is 6.53. The number of nitrogens with zero attached hydrogens (tertiary/aromatic N) is 1. The van der Waals surface area contributed by atoms with Gasteiger partial charge in [0, 0.05) is 21.3 Å². The first kappa shape index (κ1) is 16.6. The molecule has 0 atom stereocenters. The van der Waals surface area contributed by atoms with E-state index in [1.54, 1.807) is 29.5 Å². The number of benzene rings is 2. The van der Waals surface area contributed by atoms with Gasteiger partial charge in [-0.3, -0.25) is 4.79 Å². The van der Waals surface area contributed by atoms with Gasteiger partial charge in [-0.15, -0.1) is 11.3 Å². The molecule has 1 saturated carbocycles. The largest absolute Gasteiger partial charge is 0.304 e. The van der Waals surface area contributed by atoms with Gasteiger partial charge >= 0.3 is 0 Å². The molecule has 1 fully saturated rings. The fourth-order valence-electron chi connectivity index (χ4n) is 2.83. The lowest BCUT2D eigenvalue weighted by atomic mass is 10.1. The van der Waals surface area contributed by atoms with E-state index in [2.05, 4.69) is 18.2 Å². The van der Waals surface area contributed by atoms with E-state index in [1.165, 1.54) is 0 Å². The molecule has 1 aliphatic carbocycles. The van der Waals surface area contributed by atoms with Crippen LogP contribution in [0.2, 0.25) is 10.0 Å². The fourth-order valence-corrected chi connectivity index (χ4v) is 4.21. The molecule has 1 aliphatic rings. The predicted molar refractivity (Wildman–Crippen MR) is 106 cm³/mol. The second-order valence-corrected chi connectivity index (χ2v) is 7.82. The zero-order valence-electron chi connectivity index (χ0n) is 13.3. The molecule has 0 N–H and O–H groups in total. The van der Waals surface area contributed by atoms with Crippen LogP contribution >= 0.6 is 34.5 Å². The standard InChI is InChI=1S/C20H15Cl2NOS/c21-14-6-9-17(18(22)10-14)20(24)23(15-7-8-15)16-11-19(25-12-16)13-4-2-1-3-5-13/h1-6,9-12,15H,7-8H2. The first-order chi connectivity index (χ1) is 12.1. The number of hydrogen-bond acceptors (Lipinski definition) is 2. The average Bonchev–Trinajstić information content (AvgIpc) is 3.32. The maximum absolute atomic E-state index is 13.1. The SMILES string of the molecule is O=C(c1ccc(Cl)cc1Cl)N(c1csc(-c2ccccc2)c1)C1CC1. The van der Waals surface area contributed by atoms with Crippen molar-refractivity contribution in [3.8, 4) is 10.4 Å². The summed E-state index contributed by atoms with van der Waals surface area (Å²) in [7, 11) is 0. The third-order valence-corrected chi connectivity index (χ3v) is 5.73. The first-order valence-electron chi connectivity index (χ1n) is 8.06. The molecule has 2 aromatic carbocycles. The van der Waals surface area contributed by atoms with Crippen LogP contribution in [-0.4, -0.2) is 11.9 Å². The molecule has 0 spiro atoms. The number of carbonyl (C=O) groups is 1. The Labute approximate surface area is 160 Å². The maximum atomic E-state index is 13.1. The van der Waals surface area contributed by atoms with E-state index in [9.17, 15) is 4.79 Å². The summed E-state index contributed by atoms with van der Waals surface area (Å²) < 4.78 is 0. The topological polar surface area (TPSA) is 20.3 Å². The van der Waals surface area contributed by atoms with Gasteiger partial charge in [0.15, 0.2) is 0 Å². The third kappa shape index (κ3) is 3.45. The van der Waals surface area contributed by atoms with E-state index in [1.807, 2.05) is 28.5 Å². The molecule has 1 amide bonds. The zero-order valence-corrected chi connectivity index (χ0v) is 15.6. The zero-order chi connectivity index (χ0) is 17.4. The van der Waals surface area contributed by atoms with Crippen molar-refractivity contribution < 1.29 is 4.79 Å². The summed E-state index contributed by atoms with van der Waals surface area (Å²) in [6.45, 7) is 0. The monoisotopic (exact) mass is 387 g/mol. The Morgan fingerprint density at radius 1 is 1.04 bits per heavy atom. The van der Waals surface area contributed by atoms with Crippen LogP contribution in [0.25, 0.3) is 10.4 Å². The van der Waals surface area contributed by atoms with Gasteiger partial charge in [0.1, 0.15) is 0 Å². The number of hydrogen-bond donors (Lipinski definition) is 0. The van der Waals surface area contributed by atoms with Crippen LogP contribution in [0.15, 0.2) is 60.0 Å². The quantitative estimate of drug-likeness (QED) is 0.498. The van der Waals surface area contributed by atoms with E-state index in [-0.39, 0.29) is 11.9 Å². The van der Waals surface area contributed by atoms with Crippen LogP contribution in [-0.2, 0) is 0 Å². The summed E-state index contributed by atoms with van der Waals surface area (Å²) >= 11 is 13.9. The number of rotatable bonds is 4. The Bertz CT molecular complexity index is 918. The van der Waals surface area contributed by atoms with Crippen LogP contribution in [0, 0.1) is 0 Å². The minimum atomic E-state index is -0.0680. The van der Waals surface area contributed by atoms with Crippen molar-refractivity contribution in [2.24, 2.45) is 0 Å². The van der Waals surface area contributed by atoms with Crippen LogP contribution in [0.3, 0.4) is 0 Å². The first-order valence-corrected chi connectivity index (χ1v) is 9.69. The van der Waals surface area contributed by atoms with Crippen molar-refractivity contribution in [1.29, 1.82) is 0 Å². The molecule has 126 valence electrons. The molecule has 4 rings (SSSR count). The molecule has 3 aromatic rings. The number of thiophene rings is 1. The molecule has 1 heterocycles. The summed E-state index contributed by atoms with van der Waals surface area (Å²) in [6, 6.07) is 17.5. The normalized spacial score (nSPS) is 13.7. The Morgan fingerprint density at radius 3 is 2.48 bits per heavy atom. The van der Waals surface area contributed by atoms with Crippen LogP contribution in [0.1, 0.15) is 23.2 Å². The Morgan fingerprint density at radius 2 is 1.80 bits per heavy atom. The average molecular weight is 388 g/mol. The van der Waals surface area contributed by atoms with Crippen molar-refractivity contribution >= 4 is 46.1 Å². The van der Waals surface area contributed by atoms with E-state index >= 15 is 0 Å². The van der Waals surface area contributed by atoms with Crippen molar-refractivity contribution in [1.82, 2.24) is 0 Å². The van der Waals surface area contributed by atoms with Crippen molar-refractivity contribution in [2.45, 2.75) is 18.9 Å². The number of halogens is 2. The number of anilines is 1. The molecule has 5 heteroatoms. The summed E-state index contributed by atoms with van der Waals surface area (Å²) in [6.07, 6.45) is 2.04. The number of amides is 1. The molecule has 0 aliphatic heterocycles. The Balaban J connectivity index is 1.68. The molecule has 2 nitrogen and oxygen atoms in total. The molecule has 1 aromatic heterocycles. The molecular weight excluding hydrogens is 373 g/mol. The summed E-state index contributed by atoms with van der Waals surface area (Å²) in [5, 5.41) is 2.96. The highest BCUT2D eigenvalue weighted by Gasteiger charge is 2.35. The molecular formula is C20H15Cl2NOS. The smallest absolute Gasteiger partial charge is 0.260 e. The van der Waals surface area contributed by atoms with Gasteiger partial charge in [0.25, 0.3) is 5.91 Å². The van der Waals surface area contributed by atoms with E-state index in [4.69, 9.17) is 23.2 Å². The van der Waals surface area contributed by atoms with Crippen molar-refractivity contribution in [3.05, 3.63) is 75.6 Å². The van der Waals surface area contributed by atoms with Gasteiger partial charge in [-0.2, -0.15) is 0 Å². The van der Waals surface area contributed by atoms with Gasteiger partial charge in [-0.25, -0.2) is 0 Å². The van der Waals surface area contributed by atoms with Crippen LogP contribution in [0.4, 0.5) is 5.69 Å². The minimum absolute atomic E-state index is 0.0680. The Hall–Kier alpha value is -1.81. The lowest BCUT2D eigenvalue weighted by Gasteiger charge is -2.22. The summed E-state index contributed by atoms with van der Waals surface area (Å²) in [5.41, 5.74) is 2.58. The minimum Gasteiger partial charge on any atom is -0.304 e. The third-order valence-electron chi connectivity index (χ3n) is 4.21. The van der Waals surface area contributed by atoms with Crippen LogP contribution in [0.5, 0.6) is 0 Å². The van der Waals surface area contributed by atoms with E-state index < -0.39 is 0 Å². The highest BCUT2D eigenvalue weighted by atomic mass is 35.5. The van der Waals surface area contributed by atoms with E-state index in [0.717, 1.165) is 29.0 Å². The lowest BCUT2D eigenvalue weighted by Crippen LogP contribution is -2.32. The lowest BCUT2D eigenvalue weighted by molar-refractivity contribution is 0.0985. The summed E-state index contributed by atoms with van der Waals surface area (Å²) in [5.74, 6) is -0.0680. The highest BCUT2D eigenvalue weighted by Crippen LogP contribution is 2.39. The highest BCUT2D eigenvalue weighted by molar-refractivity contribution is 7.14. The van der Waals surface area contributed by atoms with Gasteiger partial charge in [0.2, 0.25) is 0 Å². The maximum Gasteiger partial charge on any atom is 0.260 e. The second-order valence-electron chi connectivity index (χ2n) is 6.07. The van der Waals surface area contributed by atoms with Crippen molar-refractivity contribution in [3.63, 3.8) is 0 Å². The van der Waals surface area contributed by atoms with Gasteiger partial charge < -0.3 is 4.90 Å². The number of carbonyl (C=O) groups excluding carboxylic acids is 1. The molecule has 0 saturated heterocycles. The van der Waals surface area contributed by atoms with E-state index in [0.29, 0.717) is 15.6 Å². The van der Waals surface area contributed by atoms with Crippen molar-refractivity contribution in [2.75, 3.05) is 4.90 Å². The fraction of sp³-hybridized carbons (Fsp3) is 0.150. The van der Waals surface area contributed by atoms with Gasteiger partial charge in [-0.05, 0) is 42.7 Å². The second kappa shape index (κ2) is 6.83. The summed E-state index contributed by atoms with van der Waals surface area (Å²) in [4.78, 5) is 16.1.